The Morgan fingerprint density at radius 3 is 2.67 bits per heavy atom. The zero-order chi connectivity index (χ0) is 16.4. The van der Waals surface area contributed by atoms with Crippen molar-refractivity contribution in [3.05, 3.63) is 72.7 Å². The Labute approximate surface area is 140 Å². The predicted molar refractivity (Wildman–Crippen MR) is 95.3 cm³/mol. The Hall–Kier alpha value is -3.21. The third-order valence-corrected chi connectivity index (χ3v) is 3.92. The van der Waals surface area contributed by atoms with E-state index in [2.05, 4.69) is 33.4 Å². The number of aromatic nitrogens is 4. The van der Waals surface area contributed by atoms with Crippen molar-refractivity contribution in [2.45, 2.75) is 13.3 Å². The summed E-state index contributed by atoms with van der Waals surface area (Å²) >= 11 is 0. The second-order valence-electron chi connectivity index (χ2n) is 5.53. The number of benzene rings is 1. The van der Waals surface area contributed by atoms with Crippen LogP contribution in [0.3, 0.4) is 0 Å². The predicted octanol–water partition coefficient (Wildman–Crippen LogP) is 4.10. The molecule has 3 heterocycles. The number of fused-ring (bicyclic) bond motifs is 1. The average molecular weight is 315 g/mol. The molecule has 0 bridgehead atoms. The Morgan fingerprint density at radius 1 is 1.04 bits per heavy atom. The minimum atomic E-state index is 0.774. The normalized spacial score (nSPS) is 10.9. The van der Waals surface area contributed by atoms with Crippen LogP contribution in [0.25, 0.3) is 16.9 Å². The van der Waals surface area contributed by atoms with E-state index in [1.165, 1.54) is 5.56 Å². The number of nitrogens with zero attached hydrogens (tertiary/aromatic N) is 4. The van der Waals surface area contributed by atoms with Crippen molar-refractivity contribution in [2.75, 3.05) is 5.32 Å². The zero-order valence-corrected chi connectivity index (χ0v) is 13.3. The molecule has 0 fully saturated rings. The Balaban J connectivity index is 1.77. The summed E-state index contributed by atoms with van der Waals surface area (Å²) in [6.45, 7) is 2.12. The molecule has 0 saturated heterocycles. The first-order chi connectivity index (χ1) is 11.8. The van der Waals surface area contributed by atoms with E-state index in [1.807, 2.05) is 54.9 Å². The van der Waals surface area contributed by atoms with Gasteiger partial charge in [-0.1, -0.05) is 43.3 Å². The van der Waals surface area contributed by atoms with Gasteiger partial charge in [-0.2, -0.15) is 5.10 Å². The summed E-state index contributed by atoms with van der Waals surface area (Å²) in [4.78, 5) is 8.86. The number of rotatable bonds is 4. The molecule has 5 heteroatoms. The number of pyridine rings is 1. The van der Waals surface area contributed by atoms with E-state index < -0.39 is 0 Å². The molecular weight excluding hydrogens is 298 g/mol. The summed E-state index contributed by atoms with van der Waals surface area (Å²) in [5.74, 6) is 0.794. The molecule has 0 atom stereocenters. The van der Waals surface area contributed by atoms with Gasteiger partial charge in [0.05, 0.1) is 11.4 Å². The van der Waals surface area contributed by atoms with Crippen LogP contribution in [-0.4, -0.2) is 19.6 Å². The molecular formula is C19H17N5. The van der Waals surface area contributed by atoms with Crippen molar-refractivity contribution in [3.63, 3.8) is 0 Å². The van der Waals surface area contributed by atoms with E-state index in [4.69, 9.17) is 0 Å². The molecule has 1 aromatic carbocycles. The van der Waals surface area contributed by atoms with Gasteiger partial charge >= 0.3 is 0 Å². The topological polar surface area (TPSA) is 55.1 Å². The minimum Gasteiger partial charge on any atom is -0.337 e. The fourth-order valence-corrected chi connectivity index (χ4v) is 2.60. The molecule has 0 unspecified atom stereocenters. The average Bonchev–Trinajstić information content (AvgIpc) is 3.12. The molecule has 4 rings (SSSR count). The highest BCUT2D eigenvalue weighted by Gasteiger charge is 2.09. The maximum atomic E-state index is 4.63. The number of nitrogens with one attached hydrogen (secondary N) is 1. The number of aryl methyl sites for hydroxylation is 1. The van der Waals surface area contributed by atoms with Gasteiger partial charge < -0.3 is 5.32 Å². The van der Waals surface area contributed by atoms with Gasteiger partial charge in [-0.3, -0.25) is 0 Å². The van der Waals surface area contributed by atoms with E-state index >= 15 is 0 Å². The van der Waals surface area contributed by atoms with Gasteiger partial charge in [0, 0.05) is 24.2 Å². The van der Waals surface area contributed by atoms with Crippen LogP contribution in [0.2, 0.25) is 0 Å². The van der Waals surface area contributed by atoms with Crippen molar-refractivity contribution in [1.29, 1.82) is 0 Å². The first-order valence-corrected chi connectivity index (χ1v) is 7.95. The van der Waals surface area contributed by atoms with Crippen LogP contribution in [-0.2, 0) is 6.42 Å². The van der Waals surface area contributed by atoms with Gasteiger partial charge in [0.25, 0.3) is 0 Å². The summed E-state index contributed by atoms with van der Waals surface area (Å²) in [5, 5.41) is 7.99. The van der Waals surface area contributed by atoms with Crippen LogP contribution in [0.5, 0.6) is 0 Å². The van der Waals surface area contributed by atoms with Gasteiger partial charge in [0.1, 0.15) is 5.82 Å². The maximum absolute atomic E-state index is 4.63. The lowest BCUT2D eigenvalue weighted by atomic mass is 10.1. The first-order valence-electron chi connectivity index (χ1n) is 7.95. The Kier molecular flexibility index (Phi) is 3.67. The molecule has 5 nitrogen and oxygen atoms in total. The molecule has 118 valence electrons. The molecule has 0 aliphatic rings. The number of imidazole rings is 1. The van der Waals surface area contributed by atoms with Crippen molar-refractivity contribution in [2.24, 2.45) is 0 Å². The first kappa shape index (κ1) is 14.4. The van der Waals surface area contributed by atoms with E-state index in [-0.39, 0.29) is 0 Å². The lowest BCUT2D eigenvalue weighted by Gasteiger charge is -2.10. The number of anilines is 2. The molecule has 24 heavy (non-hydrogen) atoms. The largest absolute Gasteiger partial charge is 0.337 e. The molecule has 0 aliphatic heterocycles. The fraction of sp³-hybridized carbons (Fsp3) is 0.105. The SMILES string of the molecule is CCc1ccc(Nc2cc(-c3ccccc3)nn3ccnc23)nc1. The Bertz CT molecular complexity index is 958. The van der Waals surface area contributed by atoms with Gasteiger partial charge in [0.15, 0.2) is 5.65 Å². The van der Waals surface area contributed by atoms with Crippen molar-refractivity contribution >= 4 is 17.2 Å². The van der Waals surface area contributed by atoms with Crippen molar-refractivity contribution in [1.82, 2.24) is 19.6 Å². The van der Waals surface area contributed by atoms with Crippen LogP contribution in [0.1, 0.15) is 12.5 Å². The molecule has 1 N–H and O–H groups in total. The summed E-state index contributed by atoms with van der Waals surface area (Å²) < 4.78 is 1.78. The van der Waals surface area contributed by atoms with Crippen molar-refractivity contribution < 1.29 is 0 Å². The van der Waals surface area contributed by atoms with Crippen molar-refractivity contribution in [3.8, 4) is 11.3 Å². The highest BCUT2D eigenvalue weighted by Crippen LogP contribution is 2.25. The lowest BCUT2D eigenvalue weighted by molar-refractivity contribution is 0.943. The Morgan fingerprint density at radius 2 is 1.92 bits per heavy atom. The second-order valence-corrected chi connectivity index (χ2v) is 5.53. The second kappa shape index (κ2) is 6.12. The summed E-state index contributed by atoms with van der Waals surface area (Å²) in [5.41, 5.74) is 4.81. The molecule has 4 aromatic rings. The number of hydrogen-bond acceptors (Lipinski definition) is 4. The minimum absolute atomic E-state index is 0.774. The van der Waals surface area contributed by atoms with Crippen LogP contribution in [0.4, 0.5) is 11.5 Å². The van der Waals surface area contributed by atoms with Gasteiger partial charge in [-0.15, -0.1) is 0 Å². The highest BCUT2D eigenvalue weighted by atomic mass is 15.3. The van der Waals surface area contributed by atoms with Crippen LogP contribution in [0, 0.1) is 0 Å². The van der Waals surface area contributed by atoms with Gasteiger partial charge in [0.2, 0.25) is 0 Å². The quantitative estimate of drug-likeness (QED) is 0.616. The zero-order valence-electron chi connectivity index (χ0n) is 13.3. The van der Waals surface area contributed by atoms with E-state index in [9.17, 15) is 0 Å². The molecule has 3 aromatic heterocycles. The molecule has 0 spiro atoms. The van der Waals surface area contributed by atoms with Crippen LogP contribution < -0.4 is 5.32 Å². The van der Waals surface area contributed by atoms with Crippen LogP contribution in [0.15, 0.2) is 67.1 Å². The molecule has 0 radical (unpaired) electrons. The monoisotopic (exact) mass is 315 g/mol. The highest BCUT2D eigenvalue weighted by molar-refractivity contribution is 5.76. The molecule has 0 saturated carbocycles. The van der Waals surface area contributed by atoms with Crippen LogP contribution >= 0.6 is 0 Å². The van der Waals surface area contributed by atoms with Gasteiger partial charge in [-0.05, 0) is 24.1 Å². The lowest BCUT2D eigenvalue weighted by Crippen LogP contribution is -2.01. The molecule has 0 amide bonds. The van der Waals surface area contributed by atoms with E-state index in [0.717, 1.165) is 34.8 Å². The fourth-order valence-electron chi connectivity index (χ4n) is 2.60. The van der Waals surface area contributed by atoms with E-state index in [1.54, 1.807) is 10.7 Å². The summed E-state index contributed by atoms with van der Waals surface area (Å²) in [7, 11) is 0. The third-order valence-electron chi connectivity index (χ3n) is 3.92. The summed E-state index contributed by atoms with van der Waals surface area (Å²) in [6, 6.07) is 16.2. The molecule has 0 aliphatic carbocycles. The van der Waals surface area contributed by atoms with E-state index in [0.29, 0.717) is 0 Å². The summed E-state index contributed by atoms with van der Waals surface area (Å²) in [6.07, 6.45) is 6.46. The maximum Gasteiger partial charge on any atom is 0.177 e. The third kappa shape index (κ3) is 2.72. The smallest absolute Gasteiger partial charge is 0.177 e. The van der Waals surface area contributed by atoms with Gasteiger partial charge in [-0.25, -0.2) is 14.5 Å². The standard InChI is InChI=1S/C19H17N5/c1-2-14-8-9-18(21-13-14)22-17-12-16(15-6-4-3-5-7-15)23-24-11-10-20-19(17)24/h3-13H,2H2,1H3,(H,21,22). The number of hydrogen-bond donors (Lipinski definition) is 1.